The Bertz CT molecular complexity index is 164. The lowest BCUT2D eigenvalue weighted by molar-refractivity contribution is -0.150. The number of carbonyl (C=O) groups is 1. The van der Waals surface area contributed by atoms with Crippen LogP contribution in [0.25, 0.3) is 0 Å². The summed E-state index contributed by atoms with van der Waals surface area (Å²) in [4.78, 5) is 11.3. The zero-order valence-electron chi connectivity index (χ0n) is 8.29. The molecule has 13 heavy (non-hydrogen) atoms. The molecule has 1 fully saturated rings. The second kappa shape index (κ2) is 5.22. The first-order valence-electron chi connectivity index (χ1n) is 5.20. The maximum absolute atomic E-state index is 11.3. The van der Waals surface area contributed by atoms with Crippen LogP contribution in [0.15, 0.2) is 0 Å². The minimum Gasteiger partial charge on any atom is -0.461 e. The lowest BCUT2D eigenvalue weighted by Gasteiger charge is -2.14. The first-order valence-corrected chi connectivity index (χ1v) is 5.20. The number of hydrogen-bond donors (Lipinski definition) is 1. The minimum atomic E-state index is -0.411. The Morgan fingerprint density at radius 2 is 2.15 bits per heavy atom. The fourth-order valence-corrected chi connectivity index (χ4v) is 1.69. The Hall–Kier alpha value is -0.570. The summed E-state index contributed by atoms with van der Waals surface area (Å²) in [5.41, 5.74) is 5.63. The molecule has 0 spiro atoms. The third kappa shape index (κ3) is 3.35. The van der Waals surface area contributed by atoms with Crippen molar-refractivity contribution in [3.8, 4) is 0 Å². The maximum Gasteiger partial charge on any atom is 0.323 e. The van der Waals surface area contributed by atoms with E-state index < -0.39 is 6.04 Å². The molecule has 3 nitrogen and oxygen atoms in total. The van der Waals surface area contributed by atoms with E-state index in [0.717, 1.165) is 25.7 Å². The molecule has 1 rings (SSSR count). The number of rotatable bonds is 4. The highest BCUT2D eigenvalue weighted by Crippen LogP contribution is 2.21. The van der Waals surface area contributed by atoms with Gasteiger partial charge in [0, 0.05) is 0 Å². The Balaban J connectivity index is 2.22. The van der Waals surface area contributed by atoms with Crippen molar-refractivity contribution >= 4 is 5.97 Å². The quantitative estimate of drug-likeness (QED) is 0.677. The van der Waals surface area contributed by atoms with Crippen molar-refractivity contribution in [1.29, 1.82) is 0 Å². The van der Waals surface area contributed by atoms with Gasteiger partial charge in [-0.05, 0) is 32.1 Å². The predicted octanol–water partition coefficient (Wildman–Crippen LogP) is 1.60. The van der Waals surface area contributed by atoms with Gasteiger partial charge in [0.1, 0.15) is 12.1 Å². The van der Waals surface area contributed by atoms with Gasteiger partial charge in [0.25, 0.3) is 0 Å². The smallest absolute Gasteiger partial charge is 0.323 e. The van der Waals surface area contributed by atoms with Crippen LogP contribution < -0.4 is 5.73 Å². The van der Waals surface area contributed by atoms with Crippen molar-refractivity contribution in [2.75, 3.05) is 0 Å². The zero-order valence-corrected chi connectivity index (χ0v) is 8.29. The van der Waals surface area contributed by atoms with Gasteiger partial charge in [0.15, 0.2) is 0 Å². The van der Waals surface area contributed by atoms with E-state index in [1.165, 1.54) is 12.8 Å². The third-order valence-electron chi connectivity index (χ3n) is 2.49. The van der Waals surface area contributed by atoms with Crippen LogP contribution in [0.3, 0.4) is 0 Å². The van der Waals surface area contributed by atoms with Crippen molar-refractivity contribution in [3.05, 3.63) is 0 Å². The summed E-state index contributed by atoms with van der Waals surface area (Å²) >= 11 is 0. The van der Waals surface area contributed by atoms with Crippen molar-refractivity contribution in [2.45, 2.75) is 57.6 Å². The third-order valence-corrected chi connectivity index (χ3v) is 2.49. The molecule has 0 aromatic heterocycles. The van der Waals surface area contributed by atoms with Gasteiger partial charge >= 0.3 is 5.97 Å². The standard InChI is InChI=1S/C10H19NO2/c1-2-5-9(11)10(12)13-8-6-3-4-7-8/h8-9H,2-7,11H2,1H3. The van der Waals surface area contributed by atoms with Crippen LogP contribution in [0, 0.1) is 0 Å². The predicted molar refractivity (Wildman–Crippen MR) is 51.2 cm³/mol. The lowest BCUT2D eigenvalue weighted by atomic mass is 10.2. The summed E-state index contributed by atoms with van der Waals surface area (Å²) in [5, 5.41) is 0. The van der Waals surface area contributed by atoms with E-state index in [2.05, 4.69) is 0 Å². The molecule has 0 aliphatic heterocycles. The second-order valence-corrected chi connectivity index (χ2v) is 3.74. The van der Waals surface area contributed by atoms with Gasteiger partial charge in [-0.25, -0.2) is 0 Å². The Morgan fingerprint density at radius 1 is 1.54 bits per heavy atom. The minimum absolute atomic E-state index is 0.149. The van der Waals surface area contributed by atoms with Crippen LogP contribution in [-0.4, -0.2) is 18.1 Å². The first kappa shape index (κ1) is 10.5. The van der Waals surface area contributed by atoms with E-state index in [0.29, 0.717) is 0 Å². The molecule has 0 aromatic carbocycles. The molecule has 1 aliphatic carbocycles. The van der Waals surface area contributed by atoms with Crippen molar-refractivity contribution in [1.82, 2.24) is 0 Å². The summed E-state index contributed by atoms with van der Waals surface area (Å²) in [6.45, 7) is 2.02. The first-order chi connectivity index (χ1) is 6.24. The monoisotopic (exact) mass is 185 g/mol. The van der Waals surface area contributed by atoms with Gasteiger partial charge in [-0.2, -0.15) is 0 Å². The summed E-state index contributed by atoms with van der Waals surface area (Å²) < 4.78 is 5.26. The van der Waals surface area contributed by atoms with Crippen LogP contribution in [0.1, 0.15) is 45.4 Å². The van der Waals surface area contributed by atoms with Gasteiger partial charge in [0.05, 0.1) is 0 Å². The van der Waals surface area contributed by atoms with Crippen molar-refractivity contribution in [3.63, 3.8) is 0 Å². The SMILES string of the molecule is CCCC(N)C(=O)OC1CCCC1. The molecule has 0 amide bonds. The molecule has 0 heterocycles. The fraction of sp³-hybridized carbons (Fsp3) is 0.900. The number of carbonyl (C=O) groups excluding carboxylic acids is 1. The Kier molecular flexibility index (Phi) is 4.22. The van der Waals surface area contributed by atoms with Gasteiger partial charge < -0.3 is 10.5 Å². The van der Waals surface area contributed by atoms with E-state index in [9.17, 15) is 4.79 Å². The van der Waals surface area contributed by atoms with E-state index in [4.69, 9.17) is 10.5 Å². The number of hydrogen-bond acceptors (Lipinski definition) is 3. The molecule has 76 valence electrons. The Labute approximate surface area is 79.6 Å². The van der Waals surface area contributed by atoms with Crippen molar-refractivity contribution in [2.24, 2.45) is 5.73 Å². The number of esters is 1. The van der Waals surface area contributed by atoms with E-state index in [-0.39, 0.29) is 12.1 Å². The van der Waals surface area contributed by atoms with Crippen LogP contribution >= 0.6 is 0 Å². The molecule has 0 saturated heterocycles. The zero-order chi connectivity index (χ0) is 9.68. The fourth-order valence-electron chi connectivity index (χ4n) is 1.69. The molecule has 2 N–H and O–H groups in total. The molecule has 1 atom stereocenters. The highest BCUT2D eigenvalue weighted by molar-refractivity contribution is 5.75. The summed E-state index contributed by atoms with van der Waals surface area (Å²) in [7, 11) is 0. The van der Waals surface area contributed by atoms with E-state index in [1.807, 2.05) is 6.92 Å². The molecule has 1 unspecified atom stereocenters. The van der Waals surface area contributed by atoms with Crippen LogP contribution in [0.5, 0.6) is 0 Å². The molecule has 1 saturated carbocycles. The largest absolute Gasteiger partial charge is 0.461 e. The molecule has 0 aromatic rings. The summed E-state index contributed by atoms with van der Waals surface area (Å²) in [6, 6.07) is -0.411. The van der Waals surface area contributed by atoms with Gasteiger partial charge in [-0.3, -0.25) is 4.79 Å². The molecule has 3 heteroatoms. The van der Waals surface area contributed by atoms with Gasteiger partial charge in [-0.15, -0.1) is 0 Å². The summed E-state index contributed by atoms with van der Waals surface area (Å²) in [6.07, 6.45) is 6.21. The normalized spacial score (nSPS) is 20.2. The van der Waals surface area contributed by atoms with Gasteiger partial charge in [0.2, 0.25) is 0 Å². The average molecular weight is 185 g/mol. The highest BCUT2D eigenvalue weighted by Gasteiger charge is 2.22. The van der Waals surface area contributed by atoms with Gasteiger partial charge in [-0.1, -0.05) is 13.3 Å². The van der Waals surface area contributed by atoms with E-state index >= 15 is 0 Å². The number of ether oxygens (including phenoxy) is 1. The van der Waals surface area contributed by atoms with E-state index in [1.54, 1.807) is 0 Å². The molecular weight excluding hydrogens is 166 g/mol. The lowest BCUT2D eigenvalue weighted by Crippen LogP contribution is -2.34. The highest BCUT2D eigenvalue weighted by atomic mass is 16.5. The molecular formula is C10H19NO2. The number of nitrogens with two attached hydrogens (primary N) is 1. The Morgan fingerprint density at radius 3 is 2.69 bits per heavy atom. The van der Waals surface area contributed by atoms with Crippen molar-refractivity contribution < 1.29 is 9.53 Å². The molecule has 0 bridgehead atoms. The average Bonchev–Trinajstić information content (AvgIpc) is 2.57. The molecule has 0 radical (unpaired) electrons. The van der Waals surface area contributed by atoms with Crippen LogP contribution in [0.2, 0.25) is 0 Å². The molecule has 1 aliphatic rings. The van der Waals surface area contributed by atoms with Crippen LogP contribution in [0.4, 0.5) is 0 Å². The topological polar surface area (TPSA) is 52.3 Å². The summed E-state index contributed by atoms with van der Waals surface area (Å²) in [5.74, 6) is -0.214. The second-order valence-electron chi connectivity index (χ2n) is 3.74. The maximum atomic E-state index is 11.3. The van der Waals surface area contributed by atoms with Crippen LogP contribution in [-0.2, 0) is 9.53 Å².